The van der Waals surface area contributed by atoms with Crippen LogP contribution in [0.3, 0.4) is 0 Å². The van der Waals surface area contributed by atoms with E-state index in [4.69, 9.17) is 5.26 Å². The molecule has 118 valence electrons. The van der Waals surface area contributed by atoms with Gasteiger partial charge in [-0.1, -0.05) is 70.6 Å². The van der Waals surface area contributed by atoms with Gasteiger partial charge in [-0.2, -0.15) is 0 Å². The fraction of sp³-hybridized carbons (Fsp3) is 0.778. The molecule has 1 N–H and O–H groups in total. The van der Waals surface area contributed by atoms with E-state index in [1.165, 1.54) is 70.6 Å². The molecular formula is C18H34O2. The highest BCUT2D eigenvalue weighted by Gasteiger charge is 1.94. The van der Waals surface area contributed by atoms with Crippen molar-refractivity contribution in [1.29, 1.82) is 0 Å². The van der Waals surface area contributed by atoms with Crippen molar-refractivity contribution in [3.05, 3.63) is 24.5 Å². The van der Waals surface area contributed by atoms with Crippen LogP contribution < -0.4 is 0 Å². The van der Waals surface area contributed by atoms with Crippen LogP contribution >= 0.6 is 0 Å². The van der Waals surface area contributed by atoms with Crippen LogP contribution in [0.4, 0.5) is 0 Å². The molecule has 0 rings (SSSR count). The maximum Gasteiger partial charge on any atom is 0.135 e. The molecule has 0 aliphatic carbocycles. The highest BCUT2D eigenvalue weighted by atomic mass is 17.1. The van der Waals surface area contributed by atoms with Crippen molar-refractivity contribution in [2.75, 3.05) is 0 Å². The van der Waals surface area contributed by atoms with E-state index in [9.17, 15) is 0 Å². The molecule has 0 saturated heterocycles. The fourth-order valence-corrected chi connectivity index (χ4v) is 2.26. The van der Waals surface area contributed by atoms with Gasteiger partial charge < -0.3 is 4.89 Å². The Balaban J connectivity index is 3.10. The average Bonchev–Trinajstić information content (AvgIpc) is 2.47. The van der Waals surface area contributed by atoms with Crippen molar-refractivity contribution >= 4 is 0 Å². The average molecular weight is 282 g/mol. The summed E-state index contributed by atoms with van der Waals surface area (Å²) in [7, 11) is 0. The van der Waals surface area contributed by atoms with E-state index in [-0.39, 0.29) is 0 Å². The Bertz CT molecular complexity index is 234. The molecule has 0 saturated carbocycles. The number of hydrogen-bond acceptors (Lipinski definition) is 2. The van der Waals surface area contributed by atoms with E-state index < -0.39 is 0 Å². The highest BCUT2D eigenvalue weighted by Crippen LogP contribution is 2.11. The van der Waals surface area contributed by atoms with Crippen molar-refractivity contribution in [3.8, 4) is 0 Å². The molecule has 0 aromatic carbocycles. The van der Waals surface area contributed by atoms with Crippen molar-refractivity contribution < 1.29 is 10.1 Å². The molecule has 0 radical (unpaired) electrons. The summed E-state index contributed by atoms with van der Waals surface area (Å²) in [4.78, 5) is 4.06. The summed E-state index contributed by atoms with van der Waals surface area (Å²) in [6, 6.07) is 0. The summed E-state index contributed by atoms with van der Waals surface area (Å²) >= 11 is 0. The Labute approximate surface area is 125 Å². The van der Waals surface area contributed by atoms with E-state index in [0.29, 0.717) is 5.76 Å². The SMILES string of the molecule is C=C(CCCCCC/C=C/CCCCCCCC)OO. The van der Waals surface area contributed by atoms with Crippen molar-refractivity contribution in [1.82, 2.24) is 0 Å². The normalized spacial score (nSPS) is 11.1. The van der Waals surface area contributed by atoms with E-state index in [0.717, 1.165) is 12.8 Å². The Morgan fingerprint density at radius 3 is 1.90 bits per heavy atom. The molecule has 0 amide bonds. The standard InChI is InChI=1S/C18H34O2/c1-3-4-5-6-7-8-9-10-11-12-13-14-15-16-17-18(2)20-19/h10-11,19H,2-9,12-17H2,1H3/b11-10+. The molecule has 0 atom stereocenters. The minimum atomic E-state index is 0.476. The maximum absolute atomic E-state index is 8.33. The molecule has 0 bridgehead atoms. The molecule has 20 heavy (non-hydrogen) atoms. The van der Waals surface area contributed by atoms with Crippen LogP contribution in [0.2, 0.25) is 0 Å². The molecule has 0 aromatic rings. The predicted molar refractivity (Wildman–Crippen MR) is 87.7 cm³/mol. The van der Waals surface area contributed by atoms with Gasteiger partial charge in [0.05, 0.1) is 0 Å². The van der Waals surface area contributed by atoms with Gasteiger partial charge in [0.25, 0.3) is 0 Å². The molecule has 0 unspecified atom stereocenters. The van der Waals surface area contributed by atoms with Gasteiger partial charge in [-0.25, -0.2) is 5.26 Å². The van der Waals surface area contributed by atoms with Gasteiger partial charge in [0.2, 0.25) is 0 Å². The molecule has 2 nitrogen and oxygen atoms in total. The minimum Gasteiger partial charge on any atom is -0.345 e. The summed E-state index contributed by atoms with van der Waals surface area (Å²) < 4.78 is 0. The first-order chi connectivity index (χ1) is 9.81. The number of hydrogen-bond donors (Lipinski definition) is 1. The first-order valence-electron chi connectivity index (χ1n) is 8.45. The molecule has 0 aliphatic rings. The number of unbranched alkanes of at least 4 members (excludes halogenated alkanes) is 10. The van der Waals surface area contributed by atoms with Gasteiger partial charge in [0.1, 0.15) is 5.76 Å². The van der Waals surface area contributed by atoms with Gasteiger partial charge in [-0.05, 0) is 32.1 Å². The van der Waals surface area contributed by atoms with Crippen LogP contribution in [0.25, 0.3) is 0 Å². The molecule has 0 aliphatic heterocycles. The monoisotopic (exact) mass is 282 g/mol. The Morgan fingerprint density at radius 2 is 1.35 bits per heavy atom. The van der Waals surface area contributed by atoms with Crippen molar-refractivity contribution in [2.24, 2.45) is 0 Å². The zero-order chi connectivity index (χ0) is 14.9. The maximum atomic E-state index is 8.33. The third-order valence-electron chi connectivity index (χ3n) is 3.60. The molecule has 2 heteroatoms. The molecule has 0 spiro atoms. The second-order valence-corrected chi connectivity index (χ2v) is 5.61. The molecule has 0 aromatic heterocycles. The third kappa shape index (κ3) is 15.3. The lowest BCUT2D eigenvalue weighted by Gasteiger charge is -2.01. The highest BCUT2D eigenvalue weighted by molar-refractivity contribution is 4.82. The van der Waals surface area contributed by atoms with E-state index in [2.05, 4.69) is 30.5 Å². The lowest BCUT2D eigenvalue weighted by atomic mass is 10.1. The van der Waals surface area contributed by atoms with Crippen LogP contribution in [-0.4, -0.2) is 5.26 Å². The van der Waals surface area contributed by atoms with Gasteiger partial charge in [0.15, 0.2) is 0 Å². The first-order valence-corrected chi connectivity index (χ1v) is 8.45. The van der Waals surface area contributed by atoms with Crippen molar-refractivity contribution in [3.63, 3.8) is 0 Å². The molecular weight excluding hydrogens is 248 g/mol. The van der Waals surface area contributed by atoms with Crippen LogP contribution in [0.5, 0.6) is 0 Å². The quantitative estimate of drug-likeness (QED) is 0.120. The van der Waals surface area contributed by atoms with E-state index in [1.807, 2.05) is 0 Å². The summed E-state index contributed by atoms with van der Waals surface area (Å²) in [6.07, 6.45) is 21.0. The van der Waals surface area contributed by atoms with Gasteiger partial charge in [0, 0.05) is 6.42 Å². The summed E-state index contributed by atoms with van der Waals surface area (Å²) in [5, 5.41) is 8.33. The Hall–Kier alpha value is -0.760. The Kier molecular flexibility index (Phi) is 15.7. The third-order valence-corrected chi connectivity index (χ3v) is 3.60. The van der Waals surface area contributed by atoms with E-state index in [1.54, 1.807) is 0 Å². The summed E-state index contributed by atoms with van der Waals surface area (Å²) in [6.45, 7) is 5.85. The zero-order valence-corrected chi connectivity index (χ0v) is 13.4. The van der Waals surface area contributed by atoms with Crippen LogP contribution in [0.1, 0.15) is 90.4 Å². The zero-order valence-electron chi connectivity index (χ0n) is 13.4. The molecule has 0 fully saturated rings. The van der Waals surface area contributed by atoms with Gasteiger partial charge >= 0.3 is 0 Å². The lowest BCUT2D eigenvalue weighted by Crippen LogP contribution is -1.85. The largest absolute Gasteiger partial charge is 0.345 e. The summed E-state index contributed by atoms with van der Waals surface area (Å²) in [5.41, 5.74) is 0. The van der Waals surface area contributed by atoms with Gasteiger partial charge in [-0.15, -0.1) is 0 Å². The molecule has 0 heterocycles. The second kappa shape index (κ2) is 16.3. The number of allylic oxidation sites excluding steroid dienone is 3. The number of rotatable bonds is 15. The summed E-state index contributed by atoms with van der Waals surface area (Å²) in [5.74, 6) is 0.476. The predicted octanol–water partition coefficient (Wildman–Crippen LogP) is 6.64. The smallest absolute Gasteiger partial charge is 0.135 e. The van der Waals surface area contributed by atoms with Crippen LogP contribution in [0.15, 0.2) is 24.5 Å². The van der Waals surface area contributed by atoms with E-state index >= 15 is 0 Å². The minimum absolute atomic E-state index is 0.476. The van der Waals surface area contributed by atoms with Crippen LogP contribution in [0, 0.1) is 0 Å². The van der Waals surface area contributed by atoms with Gasteiger partial charge in [-0.3, -0.25) is 0 Å². The van der Waals surface area contributed by atoms with Crippen LogP contribution in [-0.2, 0) is 4.89 Å². The second-order valence-electron chi connectivity index (χ2n) is 5.61. The fourth-order valence-electron chi connectivity index (χ4n) is 2.26. The van der Waals surface area contributed by atoms with Crippen molar-refractivity contribution in [2.45, 2.75) is 90.4 Å². The lowest BCUT2D eigenvalue weighted by molar-refractivity contribution is -0.205. The first kappa shape index (κ1) is 19.2. The topological polar surface area (TPSA) is 29.5 Å². The Morgan fingerprint density at radius 1 is 0.850 bits per heavy atom.